The van der Waals surface area contributed by atoms with Crippen molar-refractivity contribution in [2.24, 2.45) is 0 Å². The summed E-state index contributed by atoms with van der Waals surface area (Å²) < 4.78 is 19.8. The van der Waals surface area contributed by atoms with Crippen molar-refractivity contribution < 1.29 is 9.13 Å². The highest BCUT2D eigenvalue weighted by Crippen LogP contribution is 2.32. The molecule has 0 aliphatic heterocycles. The minimum Gasteiger partial charge on any atom is -0.485 e. The van der Waals surface area contributed by atoms with Crippen LogP contribution in [-0.2, 0) is 6.61 Å². The van der Waals surface area contributed by atoms with E-state index in [-0.39, 0.29) is 6.61 Å². The first kappa shape index (κ1) is 13.2. The molecule has 2 aromatic rings. The molecule has 0 aliphatic rings. The third-order valence-corrected chi connectivity index (χ3v) is 3.40. The number of anilines is 1. The SMILES string of the molecule is Nc1cccc(Br)c1OCc1c(F)cccc1Cl. The average Bonchev–Trinajstić information content (AvgIpc) is 2.31. The number of ether oxygens (including phenoxy) is 1. The number of rotatable bonds is 3. The van der Waals surface area contributed by atoms with Crippen LogP contribution in [0.15, 0.2) is 40.9 Å². The molecule has 0 aliphatic carbocycles. The van der Waals surface area contributed by atoms with Crippen LogP contribution in [0.4, 0.5) is 10.1 Å². The Morgan fingerprint density at radius 1 is 1.22 bits per heavy atom. The van der Waals surface area contributed by atoms with Gasteiger partial charge in [0, 0.05) is 5.56 Å². The standard InChI is InChI=1S/C13H10BrClFNO/c14-9-3-1-6-12(17)13(9)18-7-8-10(15)4-2-5-11(8)16/h1-6H,7,17H2. The van der Waals surface area contributed by atoms with E-state index < -0.39 is 5.82 Å². The van der Waals surface area contributed by atoms with Gasteiger partial charge in [0.25, 0.3) is 0 Å². The number of benzene rings is 2. The zero-order chi connectivity index (χ0) is 13.1. The topological polar surface area (TPSA) is 35.2 Å². The van der Waals surface area contributed by atoms with Gasteiger partial charge in [-0.1, -0.05) is 23.7 Å². The molecule has 2 aromatic carbocycles. The van der Waals surface area contributed by atoms with Crippen LogP contribution in [0.1, 0.15) is 5.56 Å². The van der Waals surface area contributed by atoms with Crippen molar-refractivity contribution in [3.05, 3.63) is 57.3 Å². The normalized spacial score (nSPS) is 10.4. The minimum atomic E-state index is -0.395. The Balaban J connectivity index is 2.22. The minimum absolute atomic E-state index is 0.0261. The van der Waals surface area contributed by atoms with Crippen LogP contribution in [0.2, 0.25) is 5.02 Å². The molecule has 5 heteroatoms. The van der Waals surface area contributed by atoms with Crippen LogP contribution in [0, 0.1) is 5.82 Å². The first-order valence-electron chi connectivity index (χ1n) is 5.19. The van der Waals surface area contributed by atoms with E-state index in [0.717, 1.165) is 4.47 Å². The summed E-state index contributed by atoms with van der Waals surface area (Å²) >= 11 is 9.24. The second-order valence-electron chi connectivity index (χ2n) is 3.65. The third-order valence-electron chi connectivity index (χ3n) is 2.42. The molecular formula is C13H10BrClFNO. The summed E-state index contributed by atoms with van der Waals surface area (Å²) in [5.74, 6) is 0.0879. The Kier molecular flexibility index (Phi) is 4.09. The molecule has 2 nitrogen and oxygen atoms in total. The van der Waals surface area contributed by atoms with Crippen molar-refractivity contribution in [1.82, 2.24) is 0 Å². The first-order valence-corrected chi connectivity index (χ1v) is 6.36. The van der Waals surface area contributed by atoms with Gasteiger partial charge >= 0.3 is 0 Å². The van der Waals surface area contributed by atoms with Crippen molar-refractivity contribution in [2.45, 2.75) is 6.61 Å². The zero-order valence-corrected chi connectivity index (χ0v) is 11.6. The average molecular weight is 331 g/mol. The third kappa shape index (κ3) is 2.76. The highest BCUT2D eigenvalue weighted by atomic mass is 79.9. The molecule has 0 heterocycles. The fraction of sp³-hybridized carbons (Fsp3) is 0.0769. The van der Waals surface area contributed by atoms with Gasteiger partial charge in [-0.05, 0) is 40.2 Å². The second-order valence-corrected chi connectivity index (χ2v) is 4.91. The smallest absolute Gasteiger partial charge is 0.156 e. The predicted octanol–water partition coefficient (Wildman–Crippen LogP) is 4.40. The van der Waals surface area contributed by atoms with E-state index in [0.29, 0.717) is 22.0 Å². The van der Waals surface area contributed by atoms with E-state index in [1.54, 1.807) is 30.3 Å². The molecule has 0 radical (unpaired) electrons. The van der Waals surface area contributed by atoms with E-state index in [1.807, 2.05) is 0 Å². The van der Waals surface area contributed by atoms with E-state index in [4.69, 9.17) is 22.1 Å². The maximum absolute atomic E-state index is 13.5. The molecule has 0 saturated carbocycles. The largest absolute Gasteiger partial charge is 0.485 e. The number of hydrogen-bond donors (Lipinski definition) is 1. The van der Waals surface area contributed by atoms with Gasteiger partial charge in [0.2, 0.25) is 0 Å². The molecular weight excluding hydrogens is 321 g/mol. The fourth-order valence-corrected chi connectivity index (χ4v) is 2.21. The maximum Gasteiger partial charge on any atom is 0.156 e. The molecule has 0 unspecified atom stereocenters. The summed E-state index contributed by atoms with van der Waals surface area (Å²) in [5, 5.41) is 0.334. The van der Waals surface area contributed by atoms with Gasteiger partial charge < -0.3 is 10.5 Å². The lowest BCUT2D eigenvalue weighted by Gasteiger charge is -2.12. The number of halogens is 3. The highest BCUT2D eigenvalue weighted by molar-refractivity contribution is 9.10. The fourth-order valence-electron chi connectivity index (χ4n) is 1.49. The lowest BCUT2D eigenvalue weighted by Crippen LogP contribution is -2.02. The molecule has 0 saturated heterocycles. The Labute approximate surface area is 118 Å². The summed E-state index contributed by atoms with van der Waals surface area (Å²) in [7, 11) is 0. The van der Waals surface area contributed by atoms with Crippen molar-refractivity contribution in [3.63, 3.8) is 0 Å². The molecule has 0 spiro atoms. The lowest BCUT2D eigenvalue weighted by molar-refractivity contribution is 0.300. The quantitative estimate of drug-likeness (QED) is 0.846. The van der Waals surface area contributed by atoms with Gasteiger partial charge in [-0.2, -0.15) is 0 Å². The molecule has 0 fully saturated rings. The van der Waals surface area contributed by atoms with Gasteiger partial charge in [-0.25, -0.2) is 4.39 Å². The van der Waals surface area contributed by atoms with Crippen molar-refractivity contribution in [1.29, 1.82) is 0 Å². The maximum atomic E-state index is 13.5. The Morgan fingerprint density at radius 3 is 2.61 bits per heavy atom. The van der Waals surface area contributed by atoms with E-state index >= 15 is 0 Å². The van der Waals surface area contributed by atoms with Crippen molar-refractivity contribution >= 4 is 33.2 Å². The summed E-state index contributed by atoms with van der Waals surface area (Å²) in [6.45, 7) is 0.0261. The van der Waals surface area contributed by atoms with Crippen LogP contribution in [0.25, 0.3) is 0 Å². The molecule has 94 valence electrons. The van der Waals surface area contributed by atoms with Gasteiger partial charge in [0.1, 0.15) is 12.4 Å². The number of nitrogen functional groups attached to an aromatic ring is 1. The molecule has 0 aromatic heterocycles. The number of hydrogen-bond acceptors (Lipinski definition) is 2. The summed E-state index contributed by atoms with van der Waals surface area (Å²) in [6, 6.07) is 9.81. The Bertz CT molecular complexity index is 485. The number of nitrogens with two attached hydrogens (primary N) is 1. The van der Waals surface area contributed by atoms with Crippen LogP contribution < -0.4 is 10.5 Å². The Hall–Kier alpha value is -1.26. The van der Waals surface area contributed by atoms with Crippen LogP contribution in [-0.4, -0.2) is 0 Å². The van der Waals surface area contributed by atoms with Crippen LogP contribution in [0.5, 0.6) is 5.75 Å². The van der Waals surface area contributed by atoms with E-state index in [1.165, 1.54) is 6.07 Å². The van der Waals surface area contributed by atoms with Gasteiger partial charge in [0.15, 0.2) is 5.75 Å². The monoisotopic (exact) mass is 329 g/mol. The van der Waals surface area contributed by atoms with E-state index in [9.17, 15) is 4.39 Å². The van der Waals surface area contributed by atoms with Crippen molar-refractivity contribution in [3.8, 4) is 5.75 Å². The van der Waals surface area contributed by atoms with Gasteiger partial charge in [-0.3, -0.25) is 0 Å². The summed E-state index contributed by atoms with van der Waals surface area (Å²) in [4.78, 5) is 0. The van der Waals surface area contributed by atoms with Crippen molar-refractivity contribution in [2.75, 3.05) is 5.73 Å². The van der Waals surface area contributed by atoms with E-state index in [2.05, 4.69) is 15.9 Å². The highest BCUT2D eigenvalue weighted by Gasteiger charge is 2.10. The second kappa shape index (κ2) is 5.59. The van der Waals surface area contributed by atoms with Gasteiger partial charge in [0.05, 0.1) is 15.2 Å². The molecule has 2 N–H and O–H groups in total. The molecule has 0 bridgehead atoms. The molecule has 2 rings (SSSR count). The Morgan fingerprint density at radius 2 is 1.94 bits per heavy atom. The first-order chi connectivity index (χ1) is 8.59. The van der Waals surface area contributed by atoms with Gasteiger partial charge in [-0.15, -0.1) is 0 Å². The van der Waals surface area contributed by atoms with Crippen LogP contribution in [0.3, 0.4) is 0 Å². The molecule has 0 atom stereocenters. The summed E-state index contributed by atoms with van der Waals surface area (Å²) in [6.07, 6.45) is 0. The number of para-hydroxylation sites is 1. The van der Waals surface area contributed by atoms with Crippen LogP contribution >= 0.6 is 27.5 Å². The zero-order valence-electron chi connectivity index (χ0n) is 9.29. The lowest BCUT2D eigenvalue weighted by atomic mass is 10.2. The molecule has 0 amide bonds. The summed E-state index contributed by atoms with van der Waals surface area (Å²) in [5.41, 5.74) is 6.58. The predicted molar refractivity (Wildman–Crippen MR) is 74.3 cm³/mol. The molecule has 18 heavy (non-hydrogen) atoms.